The lowest BCUT2D eigenvalue weighted by molar-refractivity contribution is -0.118. The molecule has 1 saturated heterocycles. The number of fused-ring (bicyclic) bond motifs is 1. The normalized spacial score (nSPS) is 17.6. The van der Waals surface area contributed by atoms with Crippen LogP contribution in [0.3, 0.4) is 0 Å². The fraction of sp³-hybridized carbons (Fsp3) is 0.292. The lowest BCUT2D eigenvalue weighted by atomic mass is 10.1. The third-order valence-electron chi connectivity index (χ3n) is 5.86. The molecule has 6 nitrogen and oxygen atoms in total. The smallest absolute Gasteiger partial charge is 0.245 e. The van der Waals surface area contributed by atoms with E-state index >= 15 is 0 Å². The number of rotatable bonds is 7. The first-order chi connectivity index (χ1) is 15.7. The Balaban J connectivity index is 1.52. The molecule has 3 aromatic rings. The molecule has 0 saturated carbocycles. The van der Waals surface area contributed by atoms with Crippen LogP contribution in [0.4, 0.5) is 10.1 Å². The predicted molar refractivity (Wildman–Crippen MR) is 129 cm³/mol. The summed E-state index contributed by atoms with van der Waals surface area (Å²) >= 11 is 5.99. The summed E-state index contributed by atoms with van der Waals surface area (Å²) in [5.41, 5.74) is 0.927. The van der Waals surface area contributed by atoms with E-state index in [9.17, 15) is 17.6 Å². The summed E-state index contributed by atoms with van der Waals surface area (Å²) in [5.74, 6) is -0.986. The number of benzene rings is 3. The molecule has 2 unspecified atom stereocenters. The SMILES string of the molecule is CCNC(C)c1ccc(N2CCC(NS(=O)(=O)c3ccc4cc(Cl)ccc4c3)C2=O)c(F)c1. The Labute approximate surface area is 197 Å². The molecular formula is C24H25ClFN3O3S. The molecule has 0 bridgehead atoms. The Bertz CT molecular complexity index is 1320. The maximum Gasteiger partial charge on any atom is 0.245 e. The van der Waals surface area contributed by atoms with Crippen LogP contribution in [0.5, 0.6) is 0 Å². The van der Waals surface area contributed by atoms with Crippen molar-refractivity contribution >= 4 is 44.0 Å². The van der Waals surface area contributed by atoms with Gasteiger partial charge in [-0.3, -0.25) is 4.79 Å². The van der Waals surface area contributed by atoms with Crippen LogP contribution in [-0.2, 0) is 14.8 Å². The van der Waals surface area contributed by atoms with Gasteiger partial charge >= 0.3 is 0 Å². The summed E-state index contributed by atoms with van der Waals surface area (Å²) in [4.78, 5) is 14.3. The minimum Gasteiger partial charge on any atom is -0.310 e. The van der Waals surface area contributed by atoms with E-state index in [1.165, 1.54) is 23.1 Å². The van der Waals surface area contributed by atoms with Gasteiger partial charge in [-0.05, 0) is 72.6 Å². The van der Waals surface area contributed by atoms with Gasteiger partial charge in [-0.25, -0.2) is 12.8 Å². The number of nitrogens with zero attached hydrogens (tertiary/aromatic N) is 1. The van der Waals surface area contributed by atoms with E-state index in [4.69, 9.17) is 11.6 Å². The van der Waals surface area contributed by atoms with Crippen molar-refractivity contribution in [2.24, 2.45) is 0 Å². The van der Waals surface area contributed by atoms with Crippen molar-refractivity contribution in [2.75, 3.05) is 18.0 Å². The van der Waals surface area contributed by atoms with Gasteiger partial charge in [0.15, 0.2) is 0 Å². The zero-order valence-electron chi connectivity index (χ0n) is 18.3. The summed E-state index contributed by atoms with van der Waals surface area (Å²) in [6.45, 7) is 4.88. The fourth-order valence-electron chi connectivity index (χ4n) is 4.08. The number of amides is 1. The number of nitrogens with one attached hydrogen (secondary N) is 2. The van der Waals surface area contributed by atoms with Gasteiger partial charge in [0.1, 0.15) is 11.9 Å². The zero-order valence-corrected chi connectivity index (χ0v) is 19.9. The van der Waals surface area contributed by atoms with Crippen LogP contribution < -0.4 is 14.9 Å². The molecule has 33 heavy (non-hydrogen) atoms. The van der Waals surface area contributed by atoms with Crippen molar-refractivity contribution < 1.29 is 17.6 Å². The molecule has 1 aliphatic rings. The zero-order chi connectivity index (χ0) is 23.8. The molecule has 1 fully saturated rings. The van der Waals surface area contributed by atoms with Crippen LogP contribution in [0.25, 0.3) is 10.8 Å². The van der Waals surface area contributed by atoms with Crippen molar-refractivity contribution in [2.45, 2.75) is 37.2 Å². The second-order valence-corrected chi connectivity index (χ2v) is 10.2. The Hall–Kier alpha value is -2.52. The second kappa shape index (κ2) is 9.38. The molecule has 2 atom stereocenters. The van der Waals surface area contributed by atoms with Gasteiger partial charge in [-0.1, -0.05) is 36.7 Å². The lowest BCUT2D eigenvalue weighted by Gasteiger charge is -2.20. The largest absolute Gasteiger partial charge is 0.310 e. The monoisotopic (exact) mass is 489 g/mol. The molecular weight excluding hydrogens is 465 g/mol. The molecule has 1 heterocycles. The van der Waals surface area contributed by atoms with Gasteiger partial charge in [-0.15, -0.1) is 0 Å². The Morgan fingerprint density at radius 2 is 1.85 bits per heavy atom. The van der Waals surface area contributed by atoms with Crippen molar-refractivity contribution in [3.63, 3.8) is 0 Å². The third kappa shape index (κ3) is 4.89. The number of hydrogen-bond acceptors (Lipinski definition) is 4. The molecule has 9 heteroatoms. The topological polar surface area (TPSA) is 78.5 Å². The number of carbonyl (C=O) groups excluding carboxylic acids is 1. The van der Waals surface area contributed by atoms with Crippen LogP contribution in [0.15, 0.2) is 59.5 Å². The van der Waals surface area contributed by atoms with Crippen LogP contribution in [0.1, 0.15) is 31.9 Å². The maximum atomic E-state index is 14.8. The number of hydrogen-bond donors (Lipinski definition) is 2. The Morgan fingerprint density at radius 3 is 2.58 bits per heavy atom. The van der Waals surface area contributed by atoms with Crippen LogP contribution in [0.2, 0.25) is 5.02 Å². The summed E-state index contributed by atoms with van der Waals surface area (Å²) in [5, 5.41) is 5.31. The molecule has 0 radical (unpaired) electrons. The molecule has 0 aliphatic carbocycles. The predicted octanol–water partition coefficient (Wildman–Crippen LogP) is 4.39. The number of sulfonamides is 1. The van der Waals surface area contributed by atoms with Gasteiger partial charge in [-0.2, -0.15) is 4.72 Å². The first-order valence-corrected chi connectivity index (χ1v) is 12.6. The van der Waals surface area contributed by atoms with Crippen LogP contribution in [0, 0.1) is 5.82 Å². The average Bonchev–Trinajstić information content (AvgIpc) is 3.12. The summed E-state index contributed by atoms with van der Waals surface area (Å²) in [6, 6.07) is 13.6. The van der Waals surface area contributed by atoms with E-state index in [1.54, 1.807) is 36.4 Å². The van der Waals surface area contributed by atoms with E-state index in [0.717, 1.165) is 22.9 Å². The first-order valence-electron chi connectivity index (χ1n) is 10.8. The summed E-state index contributed by atoms with van der Waals surface area (Å²) in [6.07, 6.45) is 0.246. The van der Waals surface area contributed by atoms with E-state index < -0.39 is 27.8 Å². The standard InChI is InChI=1S/C24H25ClFN3O3S/c1-3-27-15(2)16-6-9-23(21(26)14-16)29-11-10-22(24(29)30)28-33(31,32)20-8-5-17-12-19(25)7-4-18(17)13-20/h4-9,12-15,22,27-28H,3,10-11H2,1-2H3. The molecule has 2 N–H and O–H groups in total. The van der Waals surface area contributed by atoms with Gasteiger partial charge in [0.25, 0.3) is 0 Å². The lowest BCUT2D eigenvalue weighted by Crippen LogP contribution is -2.41. The van der Waals surface area contributed by atoms with Crippen molar-refractivity contribution in [3.8, 4) is 0 Å². The molecule has 0 spiro atoms. The van der Waals surface area contributed by atoms with Crippen molar-refractivity contribution in [1.82, 2.24) is 10.0 Å². The number of anilines is 1. The van der Waals surface area contributed by atoms with E-state index in [0.29, 0.717) is 5.02 Å². The minimum atomic E-state index is -3.95. The number of halogens is 2. The third-order valence-corrected chi connectivity index (χ3v) is 7.56. The average molecular weight is 490 g/mol. The highest BCUT2D eigenvalue weighted by molar-refractivity contribution is 7.89. The highest BCUT2D eigenvalue weighted by atomic mass is 35.5. The van der Waals surface area contributed by atoms with Gasteiger partial charge in [0.05, 0.1) is 10.6 Å². The highest BCUT2D eigenvalue weighted by Gasteiger charge is 2.36. The molecule has 0 aromatic heterocycles. The van der Waals surface area contributed by atoms with E-state index in [1.807, 2.05) is 13.8 Å². The molecule has 4 rings (SSSR count). The van der Waals surface area contributed by atoms with Crippen molar-refractivity contribution in [1.29, 1.82) is 0 Å². The quantitative estimate of drug-likeness (QED) is 0.516. The Kier molecular flexibility index (Phi) is 6.72. The van der Waals surface area contributed by atoms with E-state index in [2.05, 4.69) is 10.0 Å². The second-order valence-electron chi connectivity index (χ2n) is 8.10. The first kappa shape index (κ1) is 23.6. The molecule has 1 aliphatic heterocycles. The van der Waals surface area contributed by atoms with Crippen LogP contribution >= 0.6 is 11.6 Å². The molecule has 3 aromatic carbocycles. The van der Waals surface area contributed by atoms with Gasteiger partial charge in [0.2, 0.25) is 15.9 Å². The van der Waals surface area contributed by atoms with Crippen molar-refractivity contribution in [3.05, 3.63) is 71.0 Å². The molecule has 1 amide bonds. The summed E-state index contributed by atoms with van der Waals surface area (Å²) < 4.78 is 43.2. The van der Waals surface area contributed by atoms with Gasteiger partial charge in [0, 0.05) is 17.6 Å². The van der Waals surface area contributed by atoms with Crippen LogP contribution in [-0.4, -0.2) is 33.5 Å². The van der Waals surface area contributed by atoms with E-state index in [-0.39, 0.29) is 29.6 Å². The highest BCUT2D eigenvalue weighted by Crippen LogP contribution is 2.28. The fourth-order valence-corrected chi connectivity index (χ4v) is 5.52. The minimum absolute atomic E-state index is 0.0228. The number of carbonyl (C=O) groups is 1. The summed E-state index contributed by atoms with van der Waals surface area (Å²) in [7, 11) is -3.95. The Morgan fingerprint density at radius 1 is 1.12 bits per heavy atom. The van der Waals surface area contributed by atoms with Gasteiger partial charge < -0.3 is 10.2 Å². The maximum absolute atomic E-state index is 14.8. The molecule has 174 valence electrons.